The second-order valence-electron chi connectivity index (χ2n) is 4.04. The average molecular weight is 265 g/mol. The Hall–Kier alpha value is -1.67. The molecule has 0 fully saturated rings. The summed E-state index contributed by atoms with van der Waals surface area (Å²) in [4.78, 5) is 12.7. The van der Waals surface area contributed by atoms with Crippen molar-refractivity contribution in [2.45, 2.75) is 19.0 Å². The first kappa shape index (κ1) is 12.8. The van der Waals surface area contributed by atoms with Crippen LogP contribution in [0.4, 0.5) is 5.95 Å². The first-order valence-electron chi connectivity index (χ1n) is 5.54. The number of nitrogen functional groups attached to an aromatic ring is 1. The largest absolute Gasteiger partial charge is 0.292 e. The fraction of sp³-hybridized carbons (Fsp3) is 0.400. The van der Waals surface area contributed by atoms with Crippen LogP contribution in [-0.2, 0) is 0 Å². The van der Waals surface area contributed by atoms with E-state index in [1.807, 2.05) is 0 Å². The van der Waals surface area contributed by atoms with Crippen LogP contribution in [0.15, 0.2) is 23.6 Å². The lowest BCUT2D eigenvalue weighted by Crippen LogP contribution is -2.14. The number of nitrogens with zero attached hydrogens (tertiary/aromatic N) is 5. The van der Waals surface area contributed by atoms with Crippen LogP contribution in [0, 0.1) is 5.92 Å². The quantitative estimate of drug-likeness (QED) is 0.474. The zero-order chi connectivity index (χ0) is 13.0. The van der Waals surface area contributed by atoms with Crippen molar-refractivity contribution < 1.29 is 0 Å². The summed E-state index contributed by atoms with van der Waals surface area (Å²) in [5, 5.41) is 4.72. The van der Waals surface area contributed by atoms with Gasteiger partial charge in [-0.15, -0.1) is 0 Å². The maximum atomic E-state index is 5.36. The van der Waals surface area contributed by atoms with Crippen LogP contribution in [0.25, 0.3) is 5.95 Å². The number of hydrogen-bond acceptors (Lipinski definition) is 7. The molecule has 2 heterocycles. The van der Waals surface area contributed by atoms with Crippen molar-refractivity contribution in [1.82, 2.24) is 24.7 Å². The standard InChI is InChI=1S/C10H15N7S/c1-7(2)6-18-10-14-8(16-11)13-9(15-10)17-5-3-4-12-17/h3-5,7H,6,11H2,1-2H3,(H,13,14,15,16). The van der Waals surface area contributed by atoms with Gasteiger partial charge in [0.1, 0.15) is 0 Å². The molecule has 8 heteroatoms. The lowest BCUT2D eigenvalue weighted by atomic mass is 10.3. The third-order valence-electron chi connectivity index (χ3n) is 1.99. The Morgan fingerprint density at radius 1 is 1.39 bits per heavy atom. The maximum Gasteiger partial charge on any atom is 0.256 e. The molecule has 0 unspecified atom stereocenters. The van der Waals surface area contributed by atoms with Crippen LogP contribution in [0.3, 0.4) is 0 Å². The zero-order valence-corrected chi connectivity index (χ0v) is 11.1. The van der Waals surface area contributed by atoms with Gasteiger partial charge in [-0.1, -0.05) is 25.6 Å². The maximum absolute atomic E-state index is 5.36. The summed E-state index contributed by atoms with van der Waals surface area (Å²) in [6.07, 6.45) is 3.44. The lowest BCUT2D eigenvalue weighted by molar-refractivity contribution is 0.739. The molecule has 0 aliphatic heterocycles. The molecule has 0 saturated heterocycles. The van der Waals surface area contributed by atoms with Gasteiger partial charge in [-0.2, -0.15) is 20.1 Å². The molecule has 0 bridgehead atoms. The van der Waals surface area contributed by atoms with Crippen LogP contribution >= 0.6 is 11.8 Å². The van der Waals surface area contributed by atoms with Crippen molar-refractivity contribution in [2.75, 3.05) is 11.2 Å². The molecule has 0 aromatic carbocycles. The molecule has 0 radical (unpaired) electrons. The number of nitrogens with two attached hydrogens (primary N) is 1. The van der Waals surface area contributed by atoms with Gasteiger partial charge >= 0.3 is 0 Å². The molecule has 0 aliphatic rings. The topological polar surface area (TPSA) is 94.5 Å². The summed E-state index contributed by atoms with van der Waals surface area (Å²) in [5.41, 5.74) is 2.44. The Labute approximate surface area is 109 Å². The minimum atomic E-state index is 0.335. The lowest BCUT2D eigenvalue weighted by Gasteiger charge is -2.07. The number of aromatic nitrogens is 5. The van der Waals surface area contributed by atoms with Crippen LogP contribution in [0.5, 0.6) is 0 Å². The minimum Gasteiger partial charge on any atom is -0.292 e. The molecule has 7 nitrogen and oxygen atoms in total. The van der Waals surface area contributed by atoms with Crippen molar-refractivity contribution in [1.29, 1.82) is 0 Å². The molecule has 2 aromatic heterocycles. The van der Waals surface area contributed by atoms with E-state index in [0.717, 1.165) is 5.75 Å². The predicted octanol–water partition coefficient (Wildman–Crippen LogP) is 1.09. The number of thioether (sulfide) groups is 1. The SMILES string of the molecule is CC(C)CSc1nc(NN)nc(-n2cccn2)n1. The van der Waals surface area contributed by atoms with Crippen molar-refractivity contribution in [3.63, 3.8) is 0 Å². The van der Waals surface area contributed by atoms with Crippen molar-refractivity contribution >= 4 is 17.7 Å². The van der Waals surface area contributed by atoms with Crippen LogP contribution in [0.1, 0.15) is 13.8 Å². The highest BCUT2D eigenvalue weighted by Gasteiger charge is 2.08. The molecule has 0 atom stereocenters. The summed E-state index contributed by atoms with van der Waals surface area (Å²) >= 11 is 1.57. The first-order valence-corrected chi connectivity index (χ1v) is 6.53. The van der Waals surface area contributed by atoms with E-state index in [2.05, 4.69) is 39.3 Å². The van der Waals surface area contributed by atoms with Crippen LogP contribution in [-0.4, -0.2) is 30.5 Å². The highest BCUT2D eigenvalue weighted by Crippen LogP contribution is 2.18. The fourth-order valence-electron chi connectivity index (χ4n) is 1.21. The number of rotatable bonds is 5. The Balaban J connectivity index is 2.27. The van der Waals surface area contributed by atoms with E-state index in [1.54, 1.807) is 34.9 Å². The van der Waals surface area contributed by atoms with E-state index < -0.39 is 0 Å². The van der Waals surface area contributed by atoms with E-state index in [1.165, 1.54) is 0 Å². The van der Waals surface area contributed by atoms with Gasteiger partial charge in [0.2, 0.25) is 5.95 Å². The summed E-state index contributed by atoms with van der Waals surface area (Å²) in [7, 11) is 0. The molecule has 0 spiro atoms. The Morgan fingerprint density at radius 3 is 2.83 bits per heavy atom. The third kappa shape index (κ3) is 3.17. The molecule has 96 valence electrons. The number of anilines is 1. The number of nitrogens with one attached hydrogen (secondary N) is 1. The Kier molecular flexibility index (Phi) is 4.11. The Bertz CT molecular complexity index is 497. The smallest absolute Gasteiger partial charge is 0.256 e. The Morgan fingerprint density at radius 2 is 2.22 bits per heavy atom. The van der Waals surface area contributed by atoms with Gasteiger partial charge in [0.05, 0.1) is 0 Å². The minimum absolute atomic E-state index is 0.335. The summed E-state index contributed by atoms with van der Waals surface area (Å²) < 4.78 is 1.57. The van der Waals surface area contributed by atoms with E-state index in [0.29, 0.717) is 23.0 Å². The van der Waals surface area contributed by atoms with Gasteiger partial charge in [-0.3, -0.25) is 5.43 Å². The van der Waals surface area contributed by atoms with Crippen LogP contribution < -0.4 is 11.3 Å². The molecule has 0 saturated carbocycles. The van der Waals surface area contributed by atoms with Gasteiger partial charge in [-0.05, 0) is 12.0 Å². The van der Waals surface area contributed by atoms with Crippen LogP contribution in [0.2, 0.25) is 0 Å². The van der Waals surface area contributed by atoms with E-state index in [-0.39, 0.29) is 0 Å². The molecule has 18 heavy (non-hydrogen) atoms. The average Bonchev–Trinajstić information content (AvgIpc) is 2.89. The van der Waals surface area contributed by atoms with E-state index in [4.69, 9.17) is 5.84 Å². The van der Waals surface area contributed by atoms with E-state index in [9.17, 15) is 0 Å². The second-order valence-corrected chi connectivity index (χ2v) is 5.03. The van der Waals surface area contributed by atoms with Gasteiger partial charge < -0.3 is 0 Å². The van der Waals surface area contributed by atoms with Gasteiger partial charge in [0.25, 0.3) is 5.95 Å². The molecule has 2 aromatic rings. The first-order chi connectivity index (χ1) is 8.69. The van der Waals surface area contributed by atoms with Crippen molar-refractivity contribution in [3.8, 4) is 5.95 Å². The van der Waals surface area contributed by atoms with Crippen molar-refractivity contribution in [3.05, 3.63) is 18.5 Å². The third-order valence-corrected chi connectivity index (χ3v) is 3.26. The molecular formula is C10H15N7S. The zero-order valence-electron chi connectivity index (χ0n) is 10.2. The second kappa shape index (κ2) is 5.78. The van der Waals surface area contributed by atoms with Crippen molar-refractivity contribution in [2.24, 2.45) is 11.8 Å². The summed E-state index contributed by atoms with van der Waals surface area (Å²) in [6, 6.07) is 1.81. The van der Waals surface area contributed by atoms with Gasteiger partial charge in [-0.25, -0.2) is 10.5 Å². The van der Waals surface area contributed by atoms with Gasteiger partial charge in [0, 0.05) is 18.1 Å². The highest BCUT2D eigenvalue weighted by atomic mass is 32.2. The molecule has 0 aliphatic carbocycles. The number of hydrogen-bond donors (Lipinski definition) is 2. The molecule has 0 amide bonds. The normalized spacial score (nSPS) is 10.9. The van der Waals surface area contributed by atoms with E-state index >= 15 is 0 Å². The summed E-state index contributed by atoms with van der Waals surface area (Å²) in [6.45, 7) is 4.29. The fourth-order valence-corrected chi connectivity index (χ4v) is 1.99. The summed E-state index contributed by atoms with van der Waals surface area (Å²) in [5.74, 6) is 7.64. The molecule has 2 rings (SSSR count). The van der Waals surface area contributed by atoms with Gasteiger partial charge in [0.15, 0.2) is 5.16 Å². The molecule has 3 N–H and O–H groups in total. The molecular weight excluding hydrogens is 250 g/mol. The highest BCUT2D eigenvalue weighted by molar-refractivity contribution is 7.99. The monoisotopic (exact) mass is 265 g/mol. The predicted molar refractivity (Wildman–Crippen MR) is 70.3 cm³/mol. The number of hydrazine groups is 1.